The highest BCUT2D eigenvalue weighted by Gasteiger charge is 2.12. The van der Waals surface area contributed by atoms with Crippen LogP contribution in [0.25, 0.3) is 21.5 Å². The fourth-order valence-corrected chi connectivity index (χ4v) is 8.08. The van der Waals surface area contributed by atoms with Gasteiger partial charge in [0.15, 0.2) is 0 Å². The number of fused-ring (bicyclic) bond motifs is 2. The number of rotatable bonds is 8. The molecule has 29 heavy (non-hydrogen) atoms. The Bertz CT molecular complexity index is 1190. The van der Waals surface area contributed by atoms with Gasteiger partial charge in [-0.05, 0) is 16.8 Å². The van der Waals surface area contributed by atoms with Crippen molar-refractivity contribution in [2.45, 2.75) is 14.8 Å². The molecule has 0 aliphatic carbocycles. The average molecular weight is 456 g/mol. The first-order valence-electron chi connectivity index (χ1n) is 9.06. The van der Waals surface area contributed by atoms with E-state index in [-0.39, 0.29) is 4.06 Å². The fourth-order valence-electron chi connectivity index (χ4n) is 3.03. The molecule has 0 aliphatic heterocycles. The normalized spacial score (nSPS) is 11.0. The van der Waals surface area contributed by atoms with Crippen LogP contribution in [-0.4, -0.2) is 18.1 Å². The van der Waals surface area contributed by atoms with Crippen molar-refractivity contribution in [2.75, 3.05) is 18.1 Å². The summed E-state index contributed by atoms with van der Waals surface area (Å²) in [6, 6.07) is 20.9. The predicted molar refractivity (Wildman–Crippen MR) is 127 cm³/mol. The van der Waals surface area contributed by atoms with Crippen LogP contribution in [0.15, 0.2) is 67.8 Å². The number of nitriles is 1. The molecule has 4 aromatic rings. The second-order valence-corrected chi connectivity index (χ2v) is 11.1. The maximum absolute atomic E-state index is 11.8. The van der Waals surface area contributed by atoms with Crippen molar-refractivity contribution in [3.05, 3.63) is 63.4 Å². The van der Waals surface area contributed by atoms with Crippen molar-refractivity contribution in [3.8, 4) is 11.8 Å². The van der Waals surface area contributed by atoms with Gasteiger partial charge < -0.3 is 4.74 Å². The summed E-state index contributed by atoms with van der Waals surface area (Å²) in [5.74, 6) is 2.40. The van der Waals surface area contributed by atoms with Crippen molar-refractivity contribution >= 4 is 67.7 Å². The van der Waals surface area contributed by atoms with Gasteiger partial charge in [0.05, 0.1) is 21.1 Å². The molecule has 3 nitrogen and oxygen atoms in total. The van der Waals surface area contributed by atoms with E-state index >= 15 is 0 Å². The maximum atomic E-state index is 11.8. The lowest BCUT2D eigenvalue weighted by Gasteiger charge is -2.13. The second kappa shape index (κ2) is 9.68. The standard InChI is InChI=1S/C22H17NO2S4/c23-10-5-12-26-20-21(29-22(24)28-20)27-13-11-25-19-17-8-3-1-6-15(17)14-16-7-2-4-9-18(16)19/h1-4,6-9,14H,5,11-13H2. The molecule has 0 spiro atoms. The van der Waals surface area contributed by atoms with Gasteiger partial charge in [-0.1, -0.05) is 71.2 Å². The Kier molecular flexibility index (Phi) is 6.78. The number of thioether (sulfide) groups is 2. The molecule has 0 saturated heterocycles. The molecule has 0 unspecified atom stereocenters. The lowest BCUT2D eigenvalue weighted by molar-refractivity contribution is 0.352. The first-order valence-corrected chi connectivity index (χ1v) is 12.7. The van der Waals surface area contributed by atoms with E-state index in [0.29, 0.717) is 13.0 Å². The highest BCUT2D eigenvalue weighted by atomic mass is 32.2. The van der Waals surface area contributed by atoms with E-state index in [1.807, 2.05) is 24.3 Å². The Labute approximate surface area is 185 Å². The Morgan fingerprint density at radius 1 is 0.897 bits per heavy atom. The van der Waals surface area contributed by atoms with Gasteiger partial charge in [-0.3, -0.25) is 4.79 Å². The van der Waals surface area contributed by atoms with Crippen LogP contribution in [0.1, 0.15) is 6.42 Å². The molecular formula is C22H17NO2S4. The van der Waals surface area contributed by atoms with Crippen LogP contribution >= 0.6 is 46.2 Å². The summed E-state index contributed by atoms with van der Waals surface area (Å²) in [5, 5.41) is 13.3. The van der Waals surface area contributed by atoms with Crippen LogP contribution in [0.5, 0.6) is 5.75 Å². The van der Waals surface area contributed by atoms with Crippen molar-refractivity contribution < 1.29 is 4.74 Å². The smallest absolute Gasteiger partial charge is 0.289 e. The van der Waals surface area contributed by atoms with Crippen molar-refractivity contribution in [3.63, 3.8) is 0 Å². The quantitative estimate of drug-likeness (QED) is 0.169. The predicted octanol–water partition coefficient (Wildman–Crippen LogP) is 6.65. The van der Waals surface area contributed by atoms with Crippen LogP contribution in [-0.2, 0) is 0 Å². The summed E-state index contributed by atoms with van der Waals surface area (Å²) >= 11 is 5.82. The van der Waals surface area contributed by atoms with Crippen molar-refractivity contribution in [1.29, 1.82) is 5.26 Å². The minimum absolute atomic E-state index is 0.105. The van der Waals surface area contributed by atoms with Gasteiger partial charge in [-0.25, -0.2) is 0 Å². The third kappa shape index (κ3) is 4.78. The van der Waals surface area contributed by atoms with E-state index in [0.717, 1.165) is 36.4 Å². The van der Waals surface area contributed by atoms with Crippen molar-refractivity contribution in [2.24, 2.45) is 0 Å². The lowest BCUT2D eigenvalue weighted by Crippen LogP contribution is -2.01. The second-order valence-electron chi connectivity index (χ2n) is 6.13. The summed E-state index contributed by atoms with van der Waals surface area (Å²) < 4.78 is 8.42. The third-order valence-corrected chi connectivity index (χ3v) is 9.30. The minimum atomic E-state index is 0.105. The lowest BCUT2D eigenvalue weighted by atomic mass is 10.0. The summed E-state index contributed by atoms with van der Waals surface area (Å²) in [7, 11) is 0. The maximum Gasteiger partial charge on any atom is 0.289 e. The molecule has 0 radical (unpaired) electrons. The minimum Gasteiger partial charge on any atom is -0.491 e. The summed E-state index contributed by atoms with van der Waals surface area (Å²) in [4.78, 5) is 11.8. The zero-order valence-electron chi connectivity index (χ0n) is 15.4. The van der Waals surface area contributed by atoms with Crippen LogP contribution in [0.2, 0.25) is 0 Å². The van der Waals surface area contributed by atoms with E-state index in [9.17, 15) is 4.79 Å². The van der Waals surface area contributed by atoms with Gasteiger partial charge in [0.1, 0.15) is 5.75 Å². The molecule has 1 aromatic heterocycles. The van der Waals surface area contributed by atoms with Gasteiger partial charge in [-0.2, -0.15) is 5.26 Å². The Morgan fingerprint density at radius 2 is 1.48 bits per heavy atom. The van der Waals surface area contributed by atoms with Gasteiger partial charge >= 0.3 is 0 Å². The van der Waals surface area contributed by atoms with Crippen LogP contribution in [0, 0.1) is 11.3 Å². The van der Waals surface area contributed by atoms with Gasteiger partial charge in [0.2, 0.25) is 0 Å². The number of benzene rings is 3. The number of hydrogen-bond acceptors (Lipinski definition) is 7. The highest BCUT2D eigenvalue weighted by molar-refractivity contribution is 8.04. The number of nitrogens with zero attached hydrogens (tertiary/aromatic N) is 1. The monoisotopic (exact) mass is 455 g/mol. The van der Waals surface area contributed by atoms with Crippen molar-refractivity contribution in [1.82, 2.24) is 0 Å². The fraction of sp³-hybridized carbons (Fsp3) is 0.182. The number of ether oxygens (including phenoxy) is 1. The van der Waals surface area contributed by atoms with Crippen LogP contribution in [0.4, 0.5) is 0 Å². The summed E-state index contributed by atoms with van der Waals surface area (Å²) in [6.07, 6.45) is 0.489. The Morgan fingerprint density at radius 3 is 2.10 bits per heavy atom. The summed E-state index contributed by atoms with van der Waals surface area (Å²) in [6.45, 7) is 0.557. The van der Waals surface area contributed by atoms with Gasteiger partial charge in [0, 0.05) is 28.7 Å². The molecule has 0 bridgehead atoms. The molecule has 3 aromatic carbocycles. The molecule has 4 rings (SSSR count). The van der Waals surface area contributed by atoms with Gasteiger partial charge in [-0.15, -0.1) is 23.5 Å². The largest absolute Gasteiger partial charge is 0.491 e. The van der Waals surface area contributed by atoms with E-state index in [1.54, 1.807) is 23.5 Å². The topological polar surface area (TPSA) is 50.1 Å². The highest BCUT2D eigenvalue weighted by Crippen LogP contribution is 2.38. The Balaban J connectivity index is 1.48. The van der Waals surface area contributed by atoms with Crippen LogP contribution in [0.3, 0.4) is 0 Å². The molecule has 0 atom stereocenters. The molecular weight excluding hydrogens is 439 g/mol. The SMILES string of the molecule is N#CCCSc1sc(=O)sc1SCCOc1c2ccccc2cc2ccccc12. The molecule has 0 N–H and O–H groups in total. The Hall–Kier alpha value is -1.98. The average Bonchev–Trinajstić information content (AvgIpc) is 3.10. The summed E-state index contributed by atoms with van der Waals surface area (Å²) in [5.41, 5.74) is 0. The molecule has 0 saturated carbocycles. The zero-order valence-corrected chi connectivity index (χ0v) is 18.7. The van der Waals surface area contributed by atoms with Gasteiger partial charge in [0.25, 0.3) is 4.06 Å². The zero-order chi connectivity index (χ0) is 20.1. The molecule has 0 aliphatic rings. The first kappa shape index (κ1) is 20.3. The van der Waals surface area contributed by atoms with Crippen LogP contribution < -0.4 is 8.79 Å². The third-order valence-electron chi connectivity index (χ3n) is 4.25. The van der Waals surface area contributed by atoms with E-state index < -0.39 is 0 Å². The van der Waals surface area contributed by atoms with E-state index in [1.165, 1.54) is 33.4 Å². The number of hydrogen-bond donors (Lipinski definition) is 0. The first-order chi connectivity index (χ1) is 14.3. The molecule has 1 heterocycles. The molecule has 146 valence electrons. The van der Waals surface area contributed by atoms with E-state index in [2.05, 4.69) is 36.4 Å². The van der Waals surface area contributed by atoms with E-state index in [4.69, 9.17) is 10.00 Å². The molecule has 7 heteroatoms. The molecule has 0 amide bonds. The molecule has 0 fully saturated rings.